The van der Waals surface area contributed by atoms with Crippen LogP contribution in [0.3, 0.4) is 0 Å². The molecule has 7 nitrogen and oxygen atoms in total. The number of benzene rings is 1. The first-order chi connectivity index (χ1) is 10.6. The van der Waals surface area contributed by atoms with Crippen molar-refractivity contribution in [1.29, 1.82) is 0 Å². The Hall–Kier alpha value is -2.28. The maximum Gasteiger partial charge on any atom is 0.322 e. The van der Waals surface area contributed by atoms with Gasteiger partial charge in [0.2, 0.25) is 5.91 Å². The largest absolute Gasteiger partial charge is 0.497 e. The Labute approximate surface area is 129 Å². The van der Waals surface area contributed by atoms with Crippen molar-refractivity contribution >= 4 is 17.6 Å². The van der Waals surface area contributed by atoms with Crippen molar-refractivity contribution in [2.24, 2.45) is 0 Å². The molecule has 0 atom stereocenters. The lowest BCUT2D eigenvalue weighted by molar-refractivity contribution is -0.138. The van der Waals surface area contributed by atoms with Crippen LogP contribution < -0.4 is 15.0 Å². The number of carboxylic acids is 1. The normalized spacial score (nSPS) is 15.4. The van der Waals surface area contributed by atoms with Gasteiger partial charge in [0.15, 0.2) is 0 Å². The summed E-state index contributed by atoms with van der Waals surface area (Å²) in [6.07, 6.45) is 0. The Morgan fingerprint density at radius 2 is 2.00 bits per heavy atom. The highest BCUT2D eigenvalue weighted by Crippen LogP contribution is 2.21. The third-order valence-corrected chi connectivity index (χ3v) is 3.59. The van der Waals surface area contributed by atoms with Crippen LogP contribution in [-0.4, -0.2) is 68.3 Å². The predicted molar refractivity (Wildman–Crippen MR) is 82.3 cm³/mol. The van der Waals surface area contributed by atoms with Crippen LogP contribution in [0.4, 0.5) is 5.69 Å². The summed E-state index contributed by atoms with van der Waals surface area (Å²) >= 11 is 0. The van der Waals surface area contributed by atoms with Gasteiger partial charge in [0.25, 0.3) is 0 Å². The Morgan fingerprint density at radius 3 is 2.64 bits per heavy atom. The molecule has 1 aliphatic heterocycles. The van der Waals surface area contributed by atoms with Crippen LogP contribution in [0.15, 0.2) is 24.3 Å². The van der Waals surface area contributed by atoms with E-state index in [-0.39, 0.29) is 19.0 Å². The summed E-state index contributed by atoms with van der Waals surface area (Å²) in [5.74, 6) is -0.457. The monoisotopic (exact) mass is 307 g/mol. The number of nitrogens with zero attached hydrogens (tertiary/aromatic N) is 2. The van der Waals surface area contributed by atoms with E-state index in [0.29, 0.717) is 0 Å². The number of nitrogens with one attached hydrogen (secondary N) is 1. The second kappa shape index (κ2) is 7.65. The maximum absolute atomic E-state index is 11.6. The van der Waals surface area contributed by atoms with Crippen LogP contribution in [0.5, 0.6) is 5.75 Å². The van der Waals surface area contributed by atoms with Crippen LogP contribution in [0.25, 0.3) is 0 Å². The molecule has 0 saturated carbocycles. The summed E-state index contributed by atoms with van der Waals surface area (Å²) in [7, 11) is 1.65. The number of hydrogen-bond acceptors (Lipinski definition) is 5. The molecule has 0 spiro atoms. The van der Waals surface area contributed by atoms with Gasteiger partial charge in [-0.1, -0.05) is 6.07 Å². The van der Waals surface area contributed by atoms with E-state index in [0.717, 1.165) is 37.6 Å². The van der Waals surface area contributed by atoms with Crippen LogP contribution in [0.2, 0.25) is 0 Å². The van der Waals surface area contributed by atoms with E-state index in [1.165, 1.54) is 0 Å². The molecule has 1 heterocycles. The zero-order chi connectivity index (χ0) is 15.9. The van der Waals surface area contributed by atoms with Crippen LogP contribution >= 0.6 is 0 Å². The lowest BCUT2D eigenvalue weighted by atomic mass is 10.2. The molecule has 120 valence electrons. The molecule has 1 aromatic carbocycles. The number of anilines is 1. The van der Waals surface area contributed by atoms with Gasteiger partial charge in [0.05, 0.1) is 13.7 Å². The Balaban J connectivity index is 1.80. The Morgan fingerprint density at radius 1 is 1.27 bits per heavy atom. The molecule has 1 amide bonds. The molecule has 7 heteroatoms. The van der Waals surface area contributed by atoms with Crippen molar-refractivity contribution in [3.8, 4) is 5.75 Å². The van der Waals surface area contributed by atoms with E-state index < -0.39 is 5.97 Å². The van der Waals surface area contributed by atoms with Crippen LogP contribution in [0.1, 0.15) is 0 Å². The average molecular weight is 307 g/mol. The molecule has 0 bridgehead atoms. The van der Waals surface area contributed by atoms with Gasteiger partial charge in [0, 0.05) is 37.9 Å². The van der Waals surface area contributed by atoms with Gasteiger partial charge in [-0.25, -0.2) is 0 Å². The molecule has 1 aromatic rings. The number of carbonyl (C=O) groups is 2. The Bertz CT molecular complexity index is 527. The average Bonchev–Trinajstić information content (AvgIpc) is 2.54. The van der Waals surface area contributed by atoms with Gasteiger partial charge in [-0.05, 0) is 12.1 Å². The minimum absolute atomic E-state index is 0.235. The molecule has 2 N–H and O–H groups in total. The molecule has 0 aromatic heterocycles. The van der Waals surface area contributed by atoms with Gasteiger partial charge < -0.3 is 20.1 Å². The number of ether oxygens (including phenoxy) is 1. The third-order valence-electron chi connectivity index (χ3n) is 3.59. The minimum atomic E-state index is -1.03. The lowest BCUT2D eigenvalue weighted by Crippen LogP contribution is -2.49. The van der Waals surface area contributed by atoms with Crippen molar-refractivity contribution in [3.05, 3.63) is 24.3 Å². The van der Waals surface area contributed by atoms with E-state index in [9.17, 15) is 9.59 Å². The SMILES string of the molecule is COc1cccc(N2CCN(CC(=O)NCC(=O)O)CC2)c1. The topological polar surface area (TPSA) is 82.1 Å². The number of hydrogen-bond donors (Lipinski definition) is 2. The zero-order valence-electron chi connectivity index (χ0n) is 12.6. The highest BCUT2D eigenvalue weighted by molar-refractivity contribution is 5.82. The molecule has 2 rings (SSSR count). The fourth-order valence-corrected chi connectivity index (χ4v) is 2.40. The van der Waals surface area contributed by atoms with E-state index >= 15 is 0 Å². The fraction of sp³-hybridized carbons (Fsp3) is 0.467. The van der Waals surface area contributed by atoms with Crippen molar-refractivity contribution in [2.75, 3.05) is 51.3 Å². The summed E-state index contributed by atoms with van der Waals surface area (Å²) in [6.45, 7) is 3.07. The summed E-state index contributed by atoms with van der Waals surface area (Å²) in [4.78, 5) is 26.3. The lowest BCUT2D eigenvalue weighted by Gasteiger charge is -2.35. The Kier molecular flexibility index (Phi) is 5.60. The van der Waals surface area contributed by atoms with E-state index in [4.69, 9.17) is 9.84 Å². The molecular weight excluding hydrogens is 286 g/mol. The highest BCUT2D eigenvalue weighted by atomic mass is 16.5. The molecule has 0 radical (unpaired) electrons. The smallest absolute Gasteiger partial charge is 0.322 e. The van der Waals surface area contributed by atoms with Crippen molar-refractivity contribution in [3.63, 3.8) is 0 Å². The van der Waals surface area contributed by atoms with Gasteiger partial charge in [-0.15, -0.1) is 0 Å². The van der Waals surface area contributed by atoms with Gasteiger partial charge >= 0.3 is 5.97 Å². The van der Waals surface area contributed by atoms with Gasteiger partial charge in [-0.3, -0.25) is 14.5 Å². The molecule has 1 aliphatic rings. The van der Waals surface area contributed by atoms with E-state index in [1.54, 1.807) is 7.11 Å². The molecule has 0 unspecified atom stereocenters. The summed E-state index contributed by atoms with van der Waals surface area (Å²) in [5.41, 5.74) is 1.11. The van der Waals surface area contributed by atoms with E-state index in [1.807, 2.05) is 29.2 Å². The van der Waals surface area contributed by atoms with Crippen LogP contribution in [0, 0.1) is 0 Å². The minimum Gasteiger partial charge on any atom is -0.497 e. The number of rotatable bonds is 6. The number of piperazine rings is 1. The molecular formula is C15H21N3O4. The zero-order valence-corrected chi connectivity index (χ0v) is 12.6. The van der Waals surface area contributed by atoms with E-state index in [2.05, 4.69) is 10.2 Å². The molecule has 0 aliphatic carbocycles. The summed E-state index contributed by atoms with van der Waals surface area (Å²) in [6, 6.07) is 7.90. The van der Waals surface area contributed by atoms with Crippen molar-refractivity contribution < 1.29 is 19.4 Å². The number of methoxy groups -OCH3 is 1. The van der Waals surface area contributed by atoms with Crippen molar-refractivity contribution in [1.82, 2.24) is 10.2 Å². The van der Waals surface area contributed by atoms with Gasteiger partial charge in [-0.2, -0.15) is 0 Å². The van der Waals surface area contributed by atoms with Crippen LogP contribution in [-0.2, 0) is 9.59 Å². The number of aliphatic carboxylic acids is 1. The maximum atomic E-state index is 11.6. The fourth-order valence-electron chi connectivity index (χ4n) is 2.40. The summed E-state index contributed by atoms with van der Waals surface area (Å²) < 4.78 is 5.23. The molecule has 1 fully saturated rings. The first-order valence-electron chi connectivity index (χ1n) is 7.18. The quantitative estimate of drug-likeness (QED) is 0.771. The third kappa shape index (κ3) is 4.63. The molecule has 1 saturated heterocycles. The number of amides is 1. The highest BCUT2D eigenvalue weighted by Gasteiger charge is 2.19. The summed E-state index contributed by atoms with van der Waals surface area (Å²) in [5, 5.41) is 10.9. The standard InChI is InChI=1S/C15H21N3O4/c1-22-13-4-2-3-12(9-13)18-7-5-17(6-8-18)11-14(19)16-10-15(20)21/h2-4,9H,5-8,10-11H2,1H3,(H,16,19)(H,20,21). The second-order valence-corrected chi connectivity index (χ2v) is 5.14. The predicted octanol–water partition coefficient (Wildman–Crippen LogP) is 0.0180. The van der Waals surface area contributed by atoms with Crippen molar-refractivity contribution in [2.45, 2.75) is 0 Å². The number of carbonyl (C=O) groups excluding carboxylic acids is 1. The number of carboxylic acid groups (broad SMARTS) is 1. The first-order valence-corrected chi connectivity index (χ1v) is 7.18. The second-order valence-electron chi connectivity index (χ2n) is 5.14. The first kappa shape index (κ1) is 16.1. The van der Waals surface area contributed by atoms with Gasteiger partial charge in [0.1, 0.15) is 12.3 Å². The molecule has 22 heavy (non-hydrogen) atoms.